The molecule has 0 unspecified atom stereocenters. The van der Waals surface area contributed by atoms with Gasteiger partial charge in [-0.2, -0.15) is 5.10 Å². The van der Waals surface area contributed by atoms with Gasteiger partial charge in [0.2, 0.25) is 0 Å². The second-order valence-electron chi connectivity index (χ2n) is 5.63. The average molecular weight is 330 g/mol. The molecule has 6 nitrogen and oxygen atoms in total. The van der Waals surface area contributed by atoms with Crippen molar-refractivity contribution >= 4 is 0 Å². The number of aromatic amines is 1. The molecule has 0 bridgehead atoms. The van der Waals surface area contributed by atoms with Gasteiger partial charge in [0, 0.05) is 23.7 Å². The Hall–Kier alpha value is -2.67. The van der Waals surface area contributed by atoms with Crippen molar-refractivity contribution in [2.45, 2.75) is 19.5 Å². The van der Waals surface area contributed by atoms with Crippen molar-refractivity contribution in [2.24, 2.45) is 0 Å². The number of rotatable bonds is 6. The fourth-order valence-electron chi connectivity index (χ4n) is 2.57. The second-order valence-corrected chi connectivity index (χ2v) is 5.63. The number of nitrogens with zero attached hydrogens (tertiary/aromatic N) is 3. The summed E-state index contributed by atoms with van der Waals surface area (Å²) in [4.78, 5) is 2.12. The minimum atomic E-state index is -0.403. The molecule has 24 heavy (non-hydrogen) atoms. The number of nitrogens with one attached hydrogen (secondary N) is 1. The van der Waals surface area contributed by atoms with Crippen molar-refractivity contribution in [1.82, 2.24) is 20.3 Å². The molecule has 0 fully saturated rings. The van der Waals surface area contributed by atoms with E-state index < -0.39 is 5.82 Å². The number of benzene rings is 1. The highest BCUT2D eigenvalue weighted by molar-refractivity contribution is 5.63. The zero-order valence-corrected chi connectivity index (χ0v) is 13.8. The molecule has 0 amide bonds. The molecule has 1 atom stereocenters. The highest BCUT2D eigenvalue weighted by Crippen LogP contribution is 2.28. The van der Waals surface area contributed by atoms with Gasteiger partial charge < -0.3 is 9.26 Å². The molecule has 1 N–H and O–H groups in total. The number of ether oxygens (including phenoxy) is 1. The molecule has 0 aliphatic rings. The summed E-state index contributed by atoms with van der Waals surface area (Å²) in [6, 6.07) is 6.78. The van der Waals surface area contributed by atoms with Crippen molar-refractivity contribution in [2.75, 3.05) is 14.2 Å². The van der Waals surface area contributed by atoms with Crippen LogP contribution in [0.25, 0.3) is 11.3 Å². The molecular weight excluding hydrogens is 311 g/mol. The van der Waals surface area contributed by atoms with Gasteiger partial charge in [-0.1, -0.05) is 5.16 Å². The van der Waals surface area contributed by atoms with Crippen LogP contribution in [-0.2, 0) is 6.54 Å². The third-order valence-corrected chi connectivity index (χ3v) is 4.13. The van der Waals surface area contributed by atoms with Crippen LogP contribution in [0.3, 0.4) is 0 Å². The first-order chi connectivity index (χ1) is 11.6. The Balaban J connectivity index is 1.81. The molecule has 2 heterocycles. The smallest absolute Gasteiger partial charge is 0.165 e. The minimum Gasteiger partial charge on any atom is -0.494 e. The second kappa shape index (κ2) is 6.84. The van der Waals surface area contributed by atoms with Gasteiger partial charge in [-0.05, 0) is 32.2 Å². The molecule has 126 valence electrons. The molecule has 0 saturated carbocycles. The Bertz CT molecular complexity index is 801. The summed E-state index contributed by atoms with van der Waals surface area (Å²) in [6.45, 7) is 2.68. The van der Waals surface area contributed by atoms with Gasteiger partial charge in [-0.25, -0.2) is 4.39 Å². The maximum absolute atomic E-state index is 14.0. The van der Waals surface area contributed by atoms with Crippen LogP contribution in [0.2, 0.25) is 0 Å². The minimum absolute atomic E-state index is 0.0825. The fourth-order valence-corrected chi connectivity index (χ4v) is 2.57. The molecule has 0 aliphatic heterocycles. The summed E-state index contributed by atoms with van der Waals surface area (Å²) >= 11 is 0. The first kappa shape index (κ1) is 16.2. The van der Waals surface area contributed by atoms with E-state index >= 15 is 0 Å². The summed E-state index contributed by atoms with van der Waals surface area (Å²) in [6.07, 6.45) is 3.31. The van der Waals surface area contributed by atoms with Gasteiger partial charge in [0.05, 0.1) is 25.0 Å². The zero-order chi connectivity index (χ0) is 17.1. The van der Waals surface area contributed by atoms with Gasteiger partial charge in [0.1, 0.15) is 12.0 Å². The van der Waals surface area contributed by atoms with Crippen LogP contribution in [0.5, 0.6) is 5.75 Å². The lowest BCUT2D eigenvalue weighted by Crippen LogP contribution is -2.22. The SMILES string of the molecule is COc1ccc(-c2[nH]ncc2CN(C)[C@H](C)c2ccon2)cc1F. The van der Waals surface area contributed by atoms with E-state index in [0.717, 1.165) is 22.5 Å². The van der Waals surface area contributed by atoms with Gasteiger partial charge in [-0.15, -0.1) is 0 Å². The van der Waals surface area contributed by atoms with Gasteiger partial charge in [0.25, 0.3) is 0 Å². The summed E-state index contributed by atoms with van der Waals surface area (Å²) in [7, 11) is 3.44. The number of halogens is 1. The highest BCUT2D eigenvalue weighted by atomic mass is 19.1. The van der Waals surface area contributed by atoms with Crippen LogP contribution in [0.1, 0.15) is 24.2 Å². The number of methoxy groups -OCH3 is 1. The van der Waals surface area contributed by atoms with Crippen molar-refractivity contribution in [3.8, 4) is 17.0 Å². The predicted octanol–water partition coefficient (Wildman–Crippen LogP) is 3.41. The first-order valence-corrected chi connectivity index (χ1v) is 7.56. The number of H-pyrrole nitrogens is 1. The molecule has 3 rings (SSSR count). The normalized spacial score (nSPS) is 12.5. The van der Waals surface area contributed by atoms with E-state index in [4.69, 9.17) is 9.26 Å². The topological polar surface area (TPSA) is 67.2 Å². The van der Waals surface area contributed by atoms with E-state index in [1.54, 1.807) is 24.6 Å². The highest BCUT2D eigenvalue weighted by Gasteiger charge is 2.18. The quantitative estimate of drug-likeness (QED) is 0.750. The van der Waals surface area contributed by atoms with Gasteiger partial charge >= 0.3 is 0 Å². The Morgan fingerprint density at radius 2 is 2.21 bits per heavy atom. The van der Waals surface area contributed by atoms with Gasteiger partial charge in [0.15, 0.2) is 11.6 Å². The summed E-state index contributed by atoms with van der Waals surface area (Å²) in [5.41, 5.74) is 3.34. The van der Waals surface area contributed by atoms with E-state index in [9.17, 15) is 4.39 Å². The van der Waals surface area contributed by atoms with E-state index in [1.807, 2.05) is 20.0 Å². The average Bonchev–Trinajstić information content (AvgIpc) is 3.25. The van der Waals surface area contributed by atoms with Crippen molar-refractivity contribution in [3.63, 3.8) is 0 Å². The molecule has 0 saturated heterocycles. The largest absolute Gasteiger partial charge is 0.494 e. The lowest BCUT2D eigenvalue weighted by molar-refractivity contribution is 0.241. The molecule has 3 aromatic rings. The summed E-state index contributed by atoms with van der Waals surface area (Å²) in [5, 5.41) is 11.0. The molecule has 2 aromatic heterocycles. The summed E-state index contributed by atoms with van der Waals surface area (Å²) < 4.78 is 23.8. The maximum atomic E-state index is 14.0. The summed E-state index contributed by atoms with van der Waals surface area (Å²) in [5.74, 6) is -0.184. The Morgan fingerprint density at radius 3 is 2.88 bits per heavy atom. The Morgan fingerprint density at radius 1 is 1.38 bits per heavy atom. The standard InChI is InChI=1S/C17H19FN4O2/c1-11(15-6-7-24-21-15)22(2)10-13-9-19-20-17(13)12-4-5-16(23-3)14(18)8-12/h4-9,11H,10H2,1-3H3,(H,19,20)/t11-/m1/s1. The predicted molar refractivity (Wildman–Crippen MR) is 86.9 cm³/mol. The molecule has 0 radical (unpaired) electrons. The lowest BCUT2D eigenvalue weighted by Gasteiger charge is -2.22. The fraction of sp³-hybridized carbons (Fsp3) is 0.294. The van der Waals surface area contributed by atoms with Crippen LogP contribution >= 0.6 is 0 Å². The third-order valence-electron chi connectivity index (χ3n) is 4.13. The molecule has 0 aliphatic carbocycles. The van der Waals surface area contributed by atoms with Crippen LogP contribution < -0.4 is 4.74 Å². The molecular formula is C17H19FN4O2. The monoisotopic (exact) mass is 330 g/mol. The zero-order valence-electron chi connectivity index (χ0n) is 13.8. The Kier molecular flexibility index (Phi) is 4.61. The molecule has 0 spiro atoms. The van der Waals surface area contributed by atoms with Crippen LogP contribution in [0.15, 0.2) is 41.2 Å². The number of hydrogen-bond donors (Lipinski definition) is 1. The maximum Gasteiger partial charge on any atom is 0.165 e. The third kappa shape index (κ3) is 3.16. The van der Waals surface area contributed by atoms with E-state index in [1.165, 1.54) is 13.2 Å². The number of aromatic nitrogens is 3. The molecule has 1 aromatic carbocycles. The lowest BCUT2D eigenvalue weighted by atomic mass is 10.1. The van der Waals surface area contributed by atoms with Gasteiger partial charge in [-0.3, -0.25) is 10.00 Å². The van der Waals surface area contributed by atoms with Crippen LogP contribution in [-0.4, -0.2) is 34.4 Å². The number of hydrogen-bond acceptors (Lipinski definition) is 5. The van der Waals surface area contributed by atoms with Crippen molar-refractivity contribution < 1.29 is 13.7 Å². The first-order valence-electron chi connectivity index (χ1n) is 7.56. The van der Waals surface area contributed by atoms with E-state index in [2.05, 4.69) is 20.3 Å². The van der Waals surface area contributed by atoms with Crippen molar-refractivity contribution in [1.29, 1.82) is 0 Å². The van der Waals surface area contributed by atoms with Crippen LogP contribution in [0, 0.1) is 5.82 Å². The van der Waals surface area contributed by atoms with E-state index in [-0.39, 0.29) is 11.8 Å². The van der Waals surface area contributed by atoms with Crippen molar-refractivity contribution in [3.05, 3.63) is 53.8 Å². The van der Waals surface area contributed by atoms with E-state index in [0.29, 0.717) is 6.54 Å². The Labute approximate surface area is 139 Å². The van der Waals surface area contributed by atoms with Crippen LogP contribution in [0.4, 0.5) is 4.39 Å². The molecule has 7 heteroatoms.